The number of halogens is 1. The monoisotopic (exact) mass is 240 g/mol. The highest BCUT2D eigenvalue weighted by molar-refractivity contribution is 5.26. The van der Waals surface area contributed by atoms with E-state index in [2.05, 4.69) is 5.43 Å². The zero-order valence-electron chi connectivity index (χ0n) is 10.7. The fourth-order valence-electron chi connectivity index (χ4n) is 1.78. The third kappa shape index (κ3) is 4.07. The van der Waals surface area contributed by atoms with Crippen molar-refractivity contribution >= 4 is 0 Å². The number of benzene rings is 1. The summed E-state index contributed by atoms with van der Waals surface area (Å²) >= 11 is 0. The summed E-state index contributed by atoms with van der Waals surface area (Å²) in [5.41, 5.74) is 4.32. The Morgan fingerprint density at radius 1 is 1.41 bits per heavy atom. The molecule has 1 rings (SSSR count). The van der Waals surface area contributed by atoms with Gasteiger partial charge in [0.25, 0.3) is 0 Å². The summed E-state index contributed by atoms with van der Waals surface area (Å²) in [4.78, 5) is 0. The van der Waals surface area contributed by atoms with E-state index in [0.29, 0.717) is 5.56 Å². The van der Waals surface area contributed by atoms with Crippen LogP contribution < -0.4 is 11.3 Å². The fourth-order valence-corrected chi connectivity index (χ4v) is 1.78. The summed E-state index contributed by atoms with van der Waals surface area (Å²) in [6.45, 7) is 3.93. The molecule has 17 heavy (non-hydrogen) atoms. The number of methoxy groups -OCH3 is 1. The molecule has 2 atom stereocenters. The number of ether oxygens (including phenoxy) is 1. The molecule has 1 aromatic carbocycles. The summed E-state index contributed by atoms with van der Waals surface area (Å²) in [7, 11) is 1.67. The maximum absolute atomic E-state index is 13.7. The minimum Gasteiger partial charge on any atom is -0.382 e. The van der Waals surface area contributed by atoms with E-state index in [1.807, 2.05) is 19.9 Å². The predicted octanol–water partition coefficient (Wildman–Crippen LogP) is 2.45. The van der Waals surface area contributed by atoms with Crippen LogP contribution >= 0.6 is 0 Å². The second-order valence-electron chi connectivity index (χ2n) is 4.37. The van der Waals surface area contributed by atoms with Crippen LogP contribution in [-0.2, 0) is 4.74 Å². The van der Waals surface area contributed by atoms with Gasteiger partial charge in [-0.3, -0.25) is 11.3 Å². The van der Waals surface area contributed by atoms with E-state index in [9.17, 15) is 4.39 Å². The lowest BCUT2D eigenvalue weighted by Crippen LogP contribution is -2.29. The summed E-state index contributed by atoms with van der Waals surface area (Å²) in [6.07, 6.45) is 1.73. The quantitative estimate of drug-likeness (QED) is 0.593. The van der Waals surface area contributed by atoms with Gasteiger partial charge in [0.2, 0.25) is 0 Å². The minimum absolute atomic E-state index is 0.152. The van der Waals surface area contributed by atoms with Crippen molar-refractivity contribution in [3.63, 3.8) is 0 Å². The van der Waals surface area contributed by atoms with Gasteiger partial charge in [0.05, 0.1) is 6.10 Å². The van der Waals surface area contributed by atoms with E-state index < -0.39 is 0 Å². The summed E-state index contributed by atoms with van der Waals surface area (Å²) in [5.74, 6) is 5.28. The predicted molar refractivity (Wildman–Crippen MR) is 66.9 cm³/mol. The first-order chi connectivity index (χ1) is 8.08. The second-order valence-corrected chi connectivity index (χ2v) is 4.37. The van der Waals surface area contributed by atoms with Crippen molar-refractivity contribution in [3.8, 4) is 0 Å². The molecular formula is C13H21FN2O. The van der Waals surface area contributed by atoms with E-state index in [1.54, 1.807) is 13.2 Å². The number of aryl methyl sites for hydroxylation is 1. The van der Waals surface area contributed by atoms with Gasteiger partial charge in [-0.2, -0.15) is 0 Å². The number of nitrogens with two attached hydrogens (primary N) is 1. The molecule has 0 bridgehead atoms. The highest BCUT2D eigenvalue weighted by Gasteiger charge is 2.15. The van der Waals surface area contributed by atoms with Crippen molar-refractivity contribution in [2.24, 2.45) is 5.84 Å². The van der Waals surface area contributed by atoms with Gasteiger partial charge in [0, 0.05) is 18.7 Å². The van der Waals surface area contributed by atoms with Crippen molar-refractivity contribution in [1.82, 2.24) is 5.43 Å². The van der Waals surface area contributed by atoms with Gasteiger partial charge in [-0.15, -0.1) is 0 Å². The van der Waals surface area contributed by atoms with Crippen LogP contribution in [-0.4, -0.2) is 13.2 Å². The van der Waals surface area contributed by atoms with Crippen molar-refractivity contribution in [1.29, 1.82) is 0 Å². The van der Waals surface area contributed by atoms with Gasteiger partial charge in [-0.25, -0.2) is 4.39 Å². The van der Waals surface area contributed by atoms with Crippen molar-refractivity contribution < 1.29 is 9.13 Å². The number of nitrogens with one attached hydrogen (secondary N) is 1. The Hall–Kier alpha value is -0.970. The highest BCUT2D eigenvalue weighted by atomic mass is 19.1. The third-order valence-corrected chi connectivity index (χ3v) is 2.99. The summed E-state index contributed by atoms with van der Waals surface area (Å²) < 4.78 is 18.9. The van der Waals surface area contributed by atoms with Crippen LogP contribution in [0.25, 0.3) is 0 Å². The first-order valence-electron chi connectivity index (χ1n) is 5.83. The van der Waals surface area contributed by atoms with Gasteiger partial charge in [0.1, 0.15) is 5.82 Å². The molecule has 0 amide bonds. The van der Waals surface area contributed by atoms with Crippen LogP contribution in [0.1, 0.15) is 36.9 Å². The molecule has 0 radical (unpaired) electrons. The van der Waals surface area contributed by atoms with Crippen molar-refractivity contribution in [3.05, 3.63) is 35.1 Å². The van der Waals surface area contributed by atoms with Crippen LogP contribution in [0.5, 0.6) is 0 Å². The summed E-state index contributed by atoms with van der Waals surface area (Å²) in [6, 6.07) is 4.89. The topological polar surface area (TPSA) is 47.3 Å². The SMILES string of the molecule is COC(C)CCC(NN)c1cc(C)ccc1F. The minimum atomic E-state index is -0.219. The number of rotatable bonds is 6. The van der Waals surface area contributed by atoms with Gasteiger partial charge >= 0.3 is 0 Å². The third-order valence-electron chi connectivity index (χ3n) is 2.99. The normalized spacial score (nSPS) is 14.6. The Morgan fingerprint density at radius 3 is 2.71 bits per heavy atom. The molecule has 0 saturated carbocycles. The molecule has 0 aliphatic carbocycles. The fraction of sp³-hybridized carbons (Fsp3) is 0.538. The molecule has 1 aromatic rings. The lowest BCUT2D eigenvalue weighted by Gasteiger charge is -2.19. The number of hydrazine groups is 1. The van der Waals surface area contributed by atoms with Gasteiger partial charge in [-0.1, -0.05) is 17.7 Å². The number of hydrogen-bond donors (Lipinski definition) is 2. The molecule has 4 heteroatoms. The van der Waals surface area contributed by atoms with Crippen LogP contribution in [0, 0.1) is 12.7 Å². The van der Waals surface area contributed by atoms with Gasteiger partial charge in [-0.05, 0) is 32.8 Å². The van der Waals surface area contributed by atoms with E-state index in [4.69, 9.17) is 10.6 Å². The standard InChI is InChI=1S/C13H21FN2O/c1-9-4-6-12(14)11(8-9)13(16-15)7-5-10(2)17-3/h4,6,8,10,13,16H,5,7,15H2,1-3H3. The Labute approximate surface area is 102 Å². The summed E-state index contributed by atoms with van der Waals surface area (Å²) in [5, 5.41) is 0. The van der Waals surface area contributed by atoms with Gasteiger partial charge < -0.3 is 4.74 Å². The zero-order chi connectivity index (χ0) is 12.8. The maximum Gasteiger partial charge on any atom is 0.128 e. The molecule has 0 aromatic heterocycles. The van der Waals surface area contributed by atoms with Crippen molar-refractivity contribution in [2.75, 3.05) is 7.11 Å². The molecular weight excluding hydrogens is 219 g/mol. The Balaban J connectivity index is 2.75. The molecule has 0 heterocycles. The molecule has 0 spiro atoms. The van der Waals surface area contributed by atoms with Crippen molar-refractivity contribution in [2.45, 2.75) is 38.8 Å². The van der Waals surface area contributed by atoms with E-state index >= 15 is 0 Å². The molecule has 0 aliphatic heterocycles. The molecule has 3 N–H and O–H groups in total. The number of hydrogen-bond acceptors (Lipinski definition) is 3. The van der Waals surface area contributed by atoms with Crippen LogP contribution in [0.4, 0.5) is 4.39 Å². The zero-order valence-corrected chi connectivity index (χ0v) is 10.7. The van der Waals surface area contributed by atoms with Gasteiger partial charge in [0.15, 0.2) is 0 Å². The molecule has 0 aliphatic rings. The average Bonchev–Trinajstić information content (AvgIpc) is 2.33. The Bertz CT molecular complexity index is 357. The van der Waals surface area contributed by atoms with E-state index in [1.165, 1.54) is 6.07 Å². The van der Waals surface area contributed by atoms with Crippen LogP contribution in [0.3, 0.4) is 0 Å². The van der Waals surface area contributed by atoms with Crippen LogP contribution in [0.2, 0.25) is 0 Å². The van der Waals surface area contributed by atoms with Crippen LogP contribution in [0.15, 0.2) is 18.2 Å². The smallest absolute Gasteiger partial charge is 0.128 e. The first kappa shape index (κ1) is 14.1. The molecule has 2 unspecified atom stereocenters. The first-order valence-corrected chi connectivity index (χ1v) is 5.83. The Morgan fingerprint density at radius 2 is 2.12 bits per heavy atom. The molecule has 0 fully saturated rings. The molecule has 96 valence electrons. The second kappa shape index (κ2) is 6.69. The molecule has 0 saturated heterocycles. The Kier molecular flexibility index (Phi) is 5.55. The highest BCUT2D eigenvalue weighted by Crippen LogP contribution is 2.23. The molecule has 3 nitrogen and oxygen atoms in total. The van der Waals surface area contributed by atoms with E-state index in [0.717, 1.165) is 18.4 Å². The largest absolute Gasteiger partial charge is 0.382 e. The lowest BCUT2D eigenvalue weighted by molar-refractivity contribution is 0.106. The van der Waals surface area contributed by atoms with E-state index in [-0.39, 0.29) is 18.0 Å². The lowest BCUT2D eigenvalue weighted by atomic mass is 9.99. The maximum atomic E-state index is 13.7. The average molecular weight is 240 g/mol.